The lowest BCUT2D eigenvalue weighted by atomic mass is 10.1. The first-order chi connectivity index (χ1) is 6.27. The third kappa shape index (κ3) is 1.63. The zero-order valence-corrected chi connectivity index (χ0v) is 8.15. The van der Waals surface area contributed by atoms with Gasteiger partial charge in [-0.3, -0.25) is 4.79 Å². The molecule has 2 aromatic rings. The Balaban J connectivity index is 2.54. The smallest absolute Gasteiger partial charge is 0.134 e. The fraction of sp³-hybridized carbons (Fsp3) is 0.182. The molecular formula is C11H9OS. The molecule has 2 heteroatoms. The van der Waals surface area contributed by atoms with Crippen molar-refractivity contribution in [3.63, 3.8) is 0 Å². The average molecular weight is 189 g/mol. The van der Waals surface area contributed by atoms with Gasteiger partial charge in [-0.05, 0) is 30.0 Å². The maximum atomic E-state index is 11.0. The fourth-order valence-corrected chi connectivity index (χ4v) is 2.17. The summed E-state index contributed by atoms with van der Waals surface area (Å²) in [6, 6.07) is 8.01. The number of hydrogen-bond donors (Lipinski definition) is 0. The lowest BCUT2D eigenvalue weighted by Crippen LogP contribution is -1.95. The number of carbonyl (C=O) groups excluding carboxylic acids is 1. The van der Waals surface area contributed by atoms with Gasteiger partial charge in [0.25, 0.3) is 0 Å². The normalized spacial score (nSPS) is 10.5. The van der Waals surface area contributed by atoms with Crippen LogP contribution in [0.25, 0.3) is 10.1 Å². The number of fused-ring (bicyclic) bond motifs is 1. The van der Waals surface area contributed by atoms with Crippen LogP contribution in [0.15, 0.2) is 24.3 Å². The summed E-state index contributed by atoms with van der Waals surface area (Å²) < 4.78 is 1.21. The van der Waals surface area contributed by atoms with Crippen molar-refractivity contribution >= 4 is 27.2 Å². The SMILES string of the molecule is CC(=O)Cc1cccc2s[c]cc12. The molecule has 1 radical (unpaired) electrons. The van der Waals surface area contributed by atoms with E-state index in [1.165, 1.54) is 10.1 Å². The molecule has 1 nitrogen and oxygen atoms in total. The van der Waals surface area contributed by atoms with Crippen molar-refractivity contribution in [2.24, 2.45) is 0 Å². The van der Waals surface area contributed by atoms with Gasteiger partial charge >= 0.3 is 0 Å². The molecule has 0 bridgehead atoms. The summed E-state index contributed by atoms with van der Waals surface area (Å²) in [7, 11) is 0. The Morgan fingerprint density at radius 1 is 1.54 bits per heavy atom. The summed E-state index contributed by atoms with van der Waals surface area (Å²) in [6.07, 6.45) is 0.530. The van der Waals surface area contributed by atoms with Crippen LogP contribution in [0.2, 0.25) is 0 Å². The first-order valence-electron chi connectivity index (χ1n) is 4.14. The summed E-state index contributed by atoms with van der Waals surface area (Å²) >= 11 is 1.59. The van der Waals surface area contributed by atoms with E-state index in [9.17, 15) is 4.79 Å². The molecule has 0 atom stereocenters. The van der Waals surface area contributed by atoms with Crippen LogP contribution in [-0.4, -0.2) is 5.78 Å². The minimum atomic E-state index is 0.207. The fourth-order valence-electron chi connectivity index (χ4n) is 1.42. The first-order valence-corrected chi connectivity index (χ1v) is 4.96. The molecule has 0 aliphatic carbocycles. The van der Waals surface area contributed by atoms with E-state index in [4.69, 9.17) is 0 Å². The van der Waals surface area contributed by atoms with Crippen molar-refractivity contribution in [2.45, 2.75) is 13.3 Å². The molecule has 0 saturated carbocycles. The molecule has 0 unspecified atom stereocenters. The molecule has 0 spiro atoms. The van der Waals surface area contributed by atoms with E-state index in [1.807, 2.05) is 18.2 Å². The topological polar surface area (TPSA) is 17.1 Å². The molecule has 0 N–H and O–H groups in total. The minimum absolute atomic E-state index is 0.207. The van der Waals surface area contributed by atoms with E-state index in [0.717, 1.165) is 5.56 Å². The van der Waals surface area contributed by atoms with Crippen molar-refractivity contribution in [3.05, 3.63) is 35.2 Å². The Kier molecular flexibility index (Phi) is 2.15. The number of rotatable bonds is 2. The van der Waals surface area contributed by atoms with E-state index in [1.54, 1.807) is 18.3 Å². The molecule has 1 aromatic carbocycles. The number of thiophene rings is 1. The average Bonchev–Trinajstić information content (AvgIpc) is 2.51. The lowest BCUT2D eigenvalue weighted by Gasteiger charge is -1.98. The molecular weight excluding hydrogens is 180 g/mol. The highest BCUT2D eigenvalue weighted by atomic mass is 32.1. The number of hydrogen-bond acceptors (Lipinski definition) is 2. The van der Waals surface area contributed by atoms with Crippen molar-refractivity contribution in [2.75, 3.05) is 0 Å². The van der Waals surface area contributed by atoms with Crippen LogP contribution in [0.4, 0.5) is 0 Å². The van der Waals surface area contributed by atoms with Gasteiger partial charge < -0.3 is 0 Å². The molecule has 0 amide bonds. The molecule has 0 aliphatic rings. The highest BCUT2D eigenvalue weighted by Crippen LogP contribution is 2.23. The van der Waals surface area contributed by atoms with Gasteiger partial charge in [0, 0.05) is 16.5 Å². The van der Waals surface area contributed by atoms with Crippen LogP contribution in [0.1, 0.15) is 12.5 Å². The van der Waals surface area contributed by atoms with E-state index >= 15 is 0 Å². The van der Waals surface area contributed by atoms with Crippen molar-refractivity contribution in [1.29, 1.82) is 0 Å². The van der Waals surface area contributed by atoms with Gasteiger partial charge in [0.1, 0.15) is 5.78 Å². The second kappa shape index (κ2) is 3.30. The standard InChI is InChI=1S/C11H9OS/c1-8(12)7-9-3-2-4-11-10(9)5-6-13-11/h2-5H,7H2,1H3. The predicted molar refractivity (Wildman–Crippen MR) is 55.0 cm³/mol. The van der Waals surface area contributed by atoms with Crippen LogP contribution in [0.5, 0.6) is 0 Å². The Labute approximate surface area is 81.0 Å². The Hall–Kier alpha value is -1.15. The zero-order chi connectivity index (χ0) is 9.26. The molecule has 1 aromatic heterocycles. The Morgan fingerprint density at radius 2 is 2.38 bits per heavy atom. The van der Waals surface area contributed by atoms with E-state index < -0.39 is 0 Å². The van der Waals surface area contributed by atoms with Gasteiger partial charge in [-0.25, -0.2) is 0 Å². The predicted octanol–water partition coefficient (Wildman–Crippen LogP) is 2.83. The molecule has 2 rings (SSSR count). The molecule has 65 valence electrons. The Morgan fingerprint density at radius 3 is 3.15 bits per heavy atom. The summed E-state index contributed by atoms with van der Waals surface area (Å²) in [6.45, 7) is 1.62. The number of Topliss-reactive ketones (excluding diaryl/α,β-unsaturated/α-hetero) is 1. The van der Waals surface area contributed by atoms with Crippen LogP contribution < -0.4 is 0 Å². The number of benzene rings is 1. The molecule has 0 fully saturated rings. The van der Waals surface area contributed by atoms with Crippen molar-refractivity contribution in [1.82, 2.24) is 0 Å². The number of carbonyl (C=O) groups is 1. The van der Waals surface area contributed by atoms with Crippen LogP contribution >= 0.6 is 11.3 Å². The van der Waals surface area contributed by atoms with Gasteiger partial charge in [0.15, 0.2) is 0 Å². The van der Waals surface area contributed by atoms with E-state index in [-0.39, 0.29) is 5.78 Å². The van der Waals surface area contributed by atoms with Crippen LogP contribution in [0, 0.1) is 5.38 Å². The third-order valence-electron chi connectivity index (χ3n) is 1.97. The summed E-state index contributed by atoms with van der Waals surface area (Å²) in [4.78, 5) is 11.0. The molecule has 1 heterocycles. The van der Waals surface area contributed by atoms with E-state index in [0.29, 0.717) is 6.42 Å². The maximum Gasteiger partial charge on any atom is 0.134 e. The Bertz CT molecular complexity index is 442. The molecule has 0 aliphatic heterocycles. The van der Waals surface area contributed by atoms with Gasteiger partial charge in [0.2, 0.25) is 0 Å². The molecule has 0 saturated heterocycles. The van der Waals surface area contributed by atoms with Crippen LogP contribution in [0.3, 0.4) is 0 Å². The molecule has 13 heavy (non-hydrogen) atoms. The summed E-state index contributed by atoms with van der Waals surface area (Å²) in [5.74, 6) is 0.207. The highest BCUT2D eigenvalue weighted by molar-refractivity contribution is 7.16. The monoisotopic (exact) mass is 189 g/mol. The lowest BCUT2D eigenvalue weighted by molar-refractivity contribution is -0.116. The highest BCUT2D eigenvalue weighted by Gasteiger charge is 2.03. The van der Waals surface area contributed by atoms with Crippen LogP contribution in [-0.2, 0) is 11.2 Å². The van der Waals surface area contributed by atoms with E-state index in [2.05, 4.69) is 11.4 Å². The second-order valence-electron chi connectivity index (χ2n) is 3.07. The quantitative estimate of drug-likeness (QED) is 0.710. The van der Waals surface area contributed by atoms with Gasteiger partial charge in [0.05, 0.1) is 0 Å². The minimum Gasteiger partial charge on any atom is -0.300 e. The third-order valence-corrected chi connectivity index (χ3v) is 2.78. The second-order valence-corrected chi connectivity index (χ2v) is 3.95. The van der Waals surface area contributed by atoms with Gasteiger partial charge in [-0.15, -0.1) is 11.3 Å². The zero-order valence-electron chi connectivity index (χ0n) is 7.33. The summed E-state index contributed by atoms with van der Waals surface area (Å²) in [5.41, 5.74) is 1.11. The van der Waals surface area contributed by atoms with Gasteiger partial charge in [-0.1, -0.05) is 12.1 Å². The first kappa shape index (κ1) is 8.45. The van der Waals surface area contributed by atoms with Gasteiger partial charge in [-0.2, -0.15) is 0 Å². The number of ketones is 1. The van der Waals surface area contributed by atoms with Crippen molar-refractivity contribution in [3.8, 4) is 0 Å². The van der Waals surface area contributed by atoms with Crippen molar-refractivity contribution < 1.29 is 4.79 Å². The largest absolute Gasteiger partial charge is 0.300 e. The maximum absolute atomic E-state index is 11.0. The summed E-state index contributed by atoms with van der Waals surface area (Å²) in [5, 5.41) is 4.25.